The first-order valence-electron chi connectivity index (χ1n) is 7.06. The molecule has 0 aliphatic carbocycles. The number of nitrogen functional groups attached to an aromatic ring is 1. The summed E-state index contributed by atoms with van der Waals surface area (Å²) in [5, 5.41) is 4.53. The van der Waals surface area contributed by atoms with E-state index in [1.54, 1.807) is 0 Å². The zero-order valence-corrected chi connectivity index (χ0v) is 12.6. The van der Waals surface area contributed by atoms with Crippen LogP contribution in [0.25, 0.3) is 11.0 Å². The van der Waals surface area contributed by atoms with Gasteiger partial charge in [-0.2, -0.15) is 0 Å². The largest absolute Gasteiger partial charge is 0.383 e. The van der Waals surface area contributed by atoms with Gasteiger partial charge in [-0.05, 0) is 37.6 Å². The molecule has 1 aliphatic rings. The van der Waals surface area contributed by atoms with E-state index in [1.807, 2.05) is 25.1 Å². The van der Waals surface area contributed by atoms with Gasteiger partial charge in [0.1, 0.15) is 5.84 Å². The highest BCUT2D eigenvalue weighted by molar-refractivity contribution is 6.00. The normalized spacial score (nSPS) is 12.5. The maximum Gasteiger partial charge on any atom is 0.174 e. The average molecular weight is 294 g/mol. The number of nitrogens with zero attached hydrogens (tertiary/aromatic N) is 2. The van der Waals surface area contributed by atoms with Crippen molar-refractivity contribution in [2.75, 3.05) is 5.73 Å². The monoisotopic (exact) mass is 294 g/mol. The predicted octanol–water partition coefficient (Wildman–Crippen LogP) is 2.93. The lowest BCUT2D eigenvalue weighted by Gasteiger charge is -1.99. The third-order valence-corrected chi connectivity index (χ3v) is 3.61. The molecule has 22 heavy (non-hydrogen) atoms. The van der Waals surface area contributed by atoms with Crippen LogP contribution >= 0.6 is 0 Å². The highest BCUT2D eigenvalue weighted by Gasteiger charge is 2.11. The van der Waals surface area contributed by atoms with E-state index < -0.39 is 0 Å². The molecule has 5 nitrogen and oxygen atoms in total. The second-order valence-corrected chi connectivity index (χ2v) is 5.43. The average Bonchev–Trinajstić information content (AvgIpc) is 3.04. The summed E-state index contributed by atoms with van der Waals surface area (Å²) in [4.78, 5) is 4.14. The predicted molar refractivity (Wildman–Crippen MR) is 88.8 cm³/mol. The molecular weight excluding hydrogens is 276 g/mol. The Hall–Kier alpha value is -2.82. The van der Waals surface area contributed by atoms with Crippen molar-refractivity contribution in [2.24, 2.45) is 10.7 Å². The van der Waals surface area contributed by atoms with Crippen molar-refractivity contribution >= 4 is 22.6 Å². The molecule has 2 aromatic carbocycles. The fraction of sp³-hybridized carbons (Fsp3) is 0.176. The Bertz CT molecular complexity index is 864. The minimum atomic E-state index is 0.462. The van der Waals surface area contributed by atoms with E-state index in [0.717, 1.165) is 28.6 Å². The molecular formula is C17H18N4O. The van der Waals surface area contributed by atoms with Gasteiger partial charge in [0.2, 0.25) is 0 Å². The van der Waals surface area contributed by atoms with Gasteiger partial charge in [-0.1, -0.05) is 34.5 Å². The Labute approximate surface area is 128 Å². The number of amidine groups is 1. The first-order chi connectivity index (χ1) is 10.5. The van der Waals surface area contributed by atoms with Gasteiger partial charge in [-0.25, -0.2) is 0 Å². The lowest BCUT2D eigenvalue weighted by Crippen LogP contribution is -2.10. The Kier molecular flexibility index (Phi) is 3.55. The van der Waals surface area contributed by atoms with Gasteiger partial charge in [0, 0.05) is 5.56 Å². The molecule has 1 aliphatic heterocycles. The first-order valence-corrected chi connectivity index (χ1v) is 7.06. The van der Waals surface area contributed by atoms with Crippen molar-refractivity contribution in [3.8, 4) is 0 Å². The lowest BCUT2D eigenvalue weighted by molar-refractivity contribution is 0.460. The second kappa shape index (κ2) is 5.52. The molecule has 4 N–H and O–H groups in total. The van der Waals surface area contributed by atoms with Crippen molar-refractivity contribution in [3.05, 3.63) is 58.7 Å². The molecule has 0 spiro atoms. The van der Waals surface area contributed by atoms with Crippen LogP contribution in [0.15, 0.2) is 45.9 Å². The van der Waals surface area contributed by atoms with Crippen LogP contribution in [0.5, 0.6) is 0 Å². The fourth-order valence-corrected chi connectivity index (χ4v) is 2.39. The van der Waals surface area contributed by atoms with Gasteiger partial charge in [0.25, 0.3) is 0 Å². The van der Waals surface area contributed by atoms with Crippen LogP contribution in [0.4, 0.5) is 5.82 Å². The summed E-state index contributed by atoms with van der Waals surface area (Å²) in [7, 11) is 0. The molecule has 2 heterocycles. The smallest absolute Gasteiger partial charge is 0.174 e. The second-order valence-electron chi connectivity index (χ2n) is 5.43. The number of rotatable bonds is 0. The SMILES string of the molecule is Cc1ccc2c(c1)C(N)=NC2.Cc1ccc2onc(N)c2c1. The van der Waals surface area contributed by atoms with Crippen molar-refractivity contribution in [2.45, 2.75) is 20.4 Å². The van der Waals surface area contributed by atoms with Gasteiger partial charge in [-0.15, -0.1) is 0 Å². The number of nitrogens with two attached hydrogens (primary N) is 2. The maximum absolute atomic E-state index is 5.67. The molecule has 112 valence electrons. The number of aliphatic imine (C=N–C) groups is 1. The van der Waals surface area contributed by atoms with E-state index in [0.29, 0.717) is 11.7 Å². The lowest BCUT2D eigenvalue weighted by atomic mass is 10.1. The zero-order chi connectivity index (χ0) is 15.7. The van der Waals surface area contributed by atoms with Crippen LogP contribution in [-0.2, 0) is 6.54 Å². The molecule has 0 fully saturated rings. The number of hydrogen-bond acceptors (Lipinski definition) is 5. The van der Waals surface area contributed by atoms with Crippen molar-refractivity contribution in [3.63, 3.8) is 0 Å². The number of anilines is 1. The highest BCUT2D eigenvalue weighted by atomic mass is 16.5. The third kappa shape index (κ3) is 2.65. The summed E-state index contributed by atoms with van der Waals surface area (Å²) >= 11 is 0. The molecule has 5 heteroatoms. The molecule has 0 radical (unpaired) electrons. The van der Waals surface area contributed by atoms with Crippen LogP contribution < -0.4 is 11.5 Å². The van der Waals surface area contributed by atoms with E-state index in [-0.39, 0.29) is 0 Å². The first kappa shape index (κ1) is 14.1. The Morgan fingerprint density at radius 3 is 2.55 bits per heavy atom. The molecule has 0 saturated heterocycles. The Morgan fingerprint density at radius 2 is 1.73 bits per heavy atom. The summed E-state index contributed by atoms with van der Waals surface area (Å²) in [6.07, 6.45) is 0. The molecule has 0 saturated carbocycles. The van der Waals surface area contributed by atoms with E-state index in [2.05, 4.69) is 35.3 Å². The van der Waals surface area contributed by atoms with Crippen LogP contribution in [0.1, 0.15) is 22.3 Å². The van der Waals surface area contributed by atoms with Crippen LogP contribution in [-0.4, -0.2) is 11.0 Å². The Balaban J connectivity index is 0.000000131. The quantitative estimate of drug-likeness (QED) is 0.667. The molecule has 0 unspecified atom stereocenters. The van der Waals surface area contributed by atoms with Crippen LogP contribution in [0.3, 0.4) is 0 Å². The summed E-state index contributed by atoms with van der Waals surface area (Å²) < 4.78 is 4.93. The van der Waals surface area contributed by atoms with Gasteiger partial charge in [0.15, 0.2) is 11.4 Å². The number of aromatic nitrogens is 1. The van der Waals surface area contributed by atoms with E-state index in [1.165, 1.54) is 11.1 Å². The van der Waals surface area contributed by atoms with E-state index in [9.17, 15) is 0 Å². The molecule has 3 aromatic rings. The van der Waals surface area contributed by atoms with Crippen LogP contribution in [0.2, 0.25) is 0 Å². The van der Waals surface area contributed by atoms with Crippen molar-refractivity contribution in [1.29, 1.82) is 0 Å². The summed E-state index contributed by atoms with van der Waals surface area (Å²) in [6.45, 7) is 4.82. The number of benzene rings is 2. The highest BCUT2D eigenvalue weighted by Crippen LogP contribution is 2.20. The minimum Gasteiger partial charge on any atom is -0.383 e. The van der Waals surface area contributed by atoms with Crippen molar-refractivity contribution in [1.82, 2.24) is 5.16 Å². The molecule has 0 atom stereocenters. The van der Waals surface area contributed by atoms with Crippen molar-refractivity contribution < 1.29 is 4.52 Å². The topological polar surface area (TPSA) is 90.4 Å². The fourth-order valence-electron chi connectivity index (χ4n) is 2.39. The van der Waals surface area contributed by atoms with Gasteiger partial charge in [-0.3, -0.25) is 4.99 Å². The molecule has 1 aromatic heterocycles. The Morgan fingerprint density at radius 1 is 1.00 bits per heavy atom. The standard InChI is InChI=1S/C9H10N2.C8H8N2O/c1-6-2-3-7-5-11-9(10)8(7)4-6;1-5-2-3-7-6(4-5)8(9)10-11-7/h2-4H,5H2,1H3,(H2,10,11);2-4H,1H3,(H2,9,10). The molecule has 0 bridgehead atoms. The number of aryl methyl sites for hydroxylation is 2. The summed E-state index contributed by atoms with van der Waals surface area (Å²) in [5.74, 6) is 1.15. The summed E-state index contributed by atoms with van der Waals surface area (Å²) in [6, 6.07) is 12.1. The van der Waals surface area contributed by atoms with E-state index in [4.69, 9.17) is 16.0 Å². The van der Waals surface area contributed by atoms with Gasteiger partial charge < -0.3 is 16.0 Å². The van der Waals surface area contributed by atoms with E-state index >= 15 is 0 Å². The maximum atomic E-state index is 5.67. The summed E-state index contributed by atoms with van der Waals surface area (Å²) in [5.41, 5.74) is 16.7. The third-order valence-electron chi connectivity index (χ3n) is 3.61. The number of hydrogen-bond donors (Lipinski definition) is 2. The number of fused-ring (bicyclic) bond motifs is 2. The van der Waals surface area contributed by atoms with Gasteiger partial charge in [0.05, 0.1) is 11.9 Å². The minimum absolute atomic E-state index is 0.462. The molecule has 4 rings (SSSR count). The van der Waals surface area contributed by atoms with Gasteiger partial charge >= 0.3 is 0 Å². The zero-order valence-electron chi connectivity index (χ0n) is 12.6. The van der Waals surface area contributed by atoms with Crippen LogP contribution in [0, 0.1) is 13.8 Å². The molecule has 0 amide bonds.